The summed E-state index contributed by atoms with van der Waals surface area (Å²) >= 11 is 0. The van der Waals surface area contributed by atoms with E-state index in [0.29, 0.717) is 66.3 Å². The molecular formula is C61H70N10O10. The topological polar surface area (TPSA) is 276 Å². The largest absolute Gasteiger partial charge is 0.497 e. The number of fused-ring (bicyclic) bond motifs is 2. The second-order valence-corrected chi connectivity index (χ2v) is 20.8. The average Bonchev–Trinajstić information content (AvgIpc) is 4.14. The van der Waals surface area contributed by atoms with Gasteiger partial charge >= 0.3 is 6.09 Å². The number of benzene rings is 5. The summed E-state index contributed by atoms with van der Waals surface area (Å²) < 4.78 is 17.4. The van der Waals surface area contributed by atoms with Gasteiger partial charge in [-0.25, -0.2) is 4.79 Å². The van der Waals surface area contributed by atoms with E-state index in [1.165, 1.54) is 12.0 Å². The third kappa shape index (κ3) is 15.1. The van der Waals surface area contributed by atoms with Crippen LogP contribution in [0.1, 0.15) is 59.5 Å². The lowest BCUT2D eigenvalue weighted by Gasteiger charge is -2.32. The minimum Gasteiger partial charge on any atom is -0.497 e. The monoisotopic (exact) mass is 1100 g/mol. The highest BCUT2D eigenvalue weighted by molar-refractivity contribution is 5.99. The van der Waals surface area contributed by atoms with Crippen LogP contribution in [0.25, 0.3) is 10.9 Å². The summed E-state index contributed by atoms with van der Waals surface area (Å²) in [7, 11) is 1.50. The number of aromatic amines is 1. The van der Waals surface area contributed by atoms with E-state index in [1.807, 2.05) is 54.6 Å². The van der Waals surface area contributed by atoms with Gasteiger partial charge in [0.15, 0.2) is 0 Å². The summed E-state index contributed by atoms with van der Waals surface area (Å²) in [5, 5.41) is 21.5. The smallest absolute Gasteiger partial charge is 0.407 e. The molecule has 0 spiro atoms. The predicted octanol–water partition coefficient (Wildman–Crippen LogP) is 3.64. The highest BCUT2D eigenvalue weighted by Gasteiger charge is 2.45. The molecule has 0 bridgehead atoms. The Morgan fingerprint density at radius 2 is 1.28 bits per heavy atom. The van der Waals surface area contributed by atoms with Crippen LogP contribution in [0.2, 0.25) is 0 Å². The van der Waals surface area contributed by atoms with Crippen LogP contribution < -0.4 is 52.4 Å². The lowest BCUT2D eigenvalue weighted by Crippen LogP contribution is -2.61. The molecule has 9 rings (SSSR count). The first kappa shape index (κ1) is 57.0. The van der Waals surface area contributed by atoms with Crippen LogP contribution in [0, 0.1) is 5.92 Å². The Hall–Kier alpha value is -8.75. The molecule has 424 valence electrons. The molecule has 1 aromatic heterocycles. The van der Waals surface area contributed by atoms with Crippen LogP contribution in [0.3, 0.4) is 0 Å². The van der Waals surface area contributed by atoms with Crippen molar-refractivity contribution in [1.82, 2.24) is 47.1 Å². The lowest BCUT2D eigenvalue weighted by molar-refractivity contribution is -0.143. The fourth-order valence-electron chi connectivity index (χ4n) is 10.8. The van der Waals surface area contributed by atoms with Gasteiger partial charge in [0.05, 0.1) is 13.7 Å². The molecule has 10 N–H and O–H groups in total. The van der Waals surface area contributed by atoms with Gasteiger partial charge in [0, 0.05) is 55.9 Å². The van der Waals surface area contributed by atoms with Crippen molar-refractivity contribution in [3.63, 3.8) is 0 Å². The van der Waals surface area contributed by atoms with E-state index >= 15 is 28.8 Å². The second kappa shape index (κ2) is 27.4. The van der Waals surface area contributed by atoms with Crippen molar-refractivity contribution in [2.45, 2.75) is 93.9 Å². The van der Waals surface area contributed by atoms with Crippen molar-refractivity contribution in [3.8, 4) is 11.5 Å². The molecule has 3 aliphatic heterocycles. The zero-order chi connectivity index (χ0) is 56.7. The van der Waals surface area contributed by atoms with Gasteiger partial charge in [0.25, 0.3) is 0 Å². The van der Waals surface area contributed by atoms with Gasteiger partial charge in [-0.3, -0.25) is 28.8 Å². The van der Waals surface area contributed by atoms with E-state index < -0.39 is 83.9 Å². The van der Waals surface area contributed by atoms with E-state index in [2.05, 4.69) is 42.2 Å². The number of para-hydroxylation sites is 1. The maximum Gasteiger partial charge on any atom is 0.407 e. The number of aromatic nitrogens is 1. The van der Waals surface area contributed by atoms with Gasteiger partial charge in [0.1, 0.15) is 60.5 Å². The lowest BCUT2D eigenvalue weighted by atomic mass is 9.90. The average molecular weight is 1100 g/mol. The Bertz CT molecular complexity index is 3140. The van der Waals surface area contributed by atoms with Gasteiger partial charge < -0.3 is 67.0 Å². The van der Waals surface area contributed by atoms with E-state index in [9.17, 15) is 4.79 Å². The highest BCUT2D eigenvalue weighted by atomic mass is 16.6. The summed E-state index contributed by atoms with van der Waals surface area (Å²) in [4.78, 5) is 109. The Kier molecular flexibility index (Phi) is 19.3. The number of carbonyl (C=O) groups excluding carboxylic acids is 7. The molecule has 81 heavy (non-hydrogen) atoms. The molecule has 3 fully saturated rings. The van der Waals surface area contributed by atoms with Crippen LogP contribution in [-0.4, -0.2) is 128 Å². The Balaban J connectivity index is 1.12. The predicted molar refractivity (Wildman–Crippen MR) is 302 cm³/mol. The molecule has 20 heteroatoms. The van der Waals surface area contributed by atoms with Crippen molar-refractivity contribution in [3.05, 3.63) is 167 Å². The Labute approximate surface area is 470 Å². The fraction of sp³-hybridized carbons (Fsp3) is 0.361. The summed E-state index contributed by atoms with van der Waals surface area (Å²) in [6, 6.07) is 31.7. The van der Waals surface area contributed by atoms with E-state index in [0.717, 1.165) is 16.5 Å². The first-order valence-corrected chi connectivity index (χ1v) is 27.6. The fourth-order valence-corrected chi connectivity index (χ4v) is 10.8. The van der Waals surface area contributed by atoms with Crippen molar-refractivity contribution < 1.29 is 47.8 Å². The SMILES string of the molecule is COc1cccc(C[C@@H]2NC(=O)[C@H](Cc3ccc(OCc4ccccc4)cc3)NC(=O)[C@H](CC3CCNCC3)NC(=O)[C@@H](Cc3c[nH]c4ccccc34)NC(=O)[C@H](c3ccccc3)NC(=O)[C@@H]3C[C@@H](OC(=O)NCCN)CN3C2=O)c1. The number of ether oxygens (including phenoxy) is 3. The standard InChI is InChI=1S/C61H70N10O10/c1-79-45-16-10-13-41(29-45)32-52-60(77)71-36-46(81-61(78)64-28-25-62)34-53(71)58(75)70-54(42-14-6-3-7-15-42)59(76)68-51(33-43-35-65-48-18-9-8-17-47(43)48)57(74)67-50(31-39-23-26-63-27-24-39)55(72)66-49(56(73)69-52)30-38-19-21-44(22-20-38)80-37-40-11-4-2-5-12-40/h2-22,29,35,39,46,49-54,63,65H,23-28,30-34,36-37,62H2,1H3,(H,64,78)(H,66,72)(H,67,74)(H,68,76)(H,69,73)(H,70,75)/t46-,49+,50+,51-,52+,53+,54+/m1/s1. The van der Waals surface area contributed by atoms with Gasteiger partial charge in [-0.15, -0.1) is 0 Å². The number of alkyl carbamates (subject to hydrolysis) is 1. The molecular weight excluding hydrogens is 1030 g/mol. The maximum absolute atomic E-state index is 15.5. The van der Waals surface area contributed by atoms with Crippen LogP contribution in [0.4, 0.5) is 4.79 Å². The number of H-pyrrole nitrogens is 1. The molecule has 7 amide bonds. The van der Waals surface area contributed by atoms with Gasteiger partial charge in [-0.1, -0.05) is 103 Å². The molecule has 7 atom stereocenters. The zero-order valence-electron chi connectivity index (χ0n) is 45.2. The molecule has 5 aromatic carbocycles. The number of nitrogens with one attached hydrogen (secondary N) is 8. The quantitative estimate of drug-likeness (QED) is 0.0673. The van der Waals surface area contributed by atoms with E-state index in [1.54, 1.807) is 85.1 Å². The molecule has 3 aliphatic rings. The number of methoxy groups -OCH3 is 1. The molecule has 3 saturated heterocycles. The van der Waals surface area contributed by atoms with Crippen molar-refractivity contribution in [2.75, 3.05) is 39.8 Å². The van der Waals surface area contributed by atoms with Crippen LogP contribution in [0.15, 0.2) is 140 Å². The van der Waals surface area contributed by atoms with E-state index in [-0.39, 0.29) is 57.7 Å². The third-order valence-electron chi connectivity index (χ3n) is 15.0. The number of rotatable bonds is 16. The van der Waals surface area contributed by atoms with Crippen LogP contribution >= 0.6 is 0 Å². The van der Waals surface area contributed by atoms with Gasteiger partial charge in [0.2, 0.25) is 35.4 Å². The number of amides is 7. The number of piperidine rings is 1. The third-order valence-corrected chi connectivity index (χ3v) is 15.0. The Morgan fingerprint density at radius 1 is 0.642 bits per heavy atom. The number of hydrogen-bond acceptors (Lipinski definition) is 12. The van der Waals surface area contributed by atoms with Crippen LogP contribution in [0.5, 0.6) is 11.5 Å². The minimum absolute atomic E-state index is 0.00647. The summed E-state index contributed by atoms with van der Waals surface area (Å²) in [6.07, 6.45) is 1.16. The van der Waals surface area contributed by atoms with Crippen molar-refractivity contribution >= 4 is 52.4 Å². The minimum atomic E-state index is -1.42. The normalized spacial score (nSPS) is 22.4. The van der Waals surface area contributed by atoms with Crippen LogP contribution in [-0.2, 0) is 59.4 Å². The second-order valence-electron chi connectivity index (χ2n) is 20.8. The molecule has 0 aliphatic carbocycles. The number of nitrogens with zero attached hydrogens (tertiary/aromatic N) is 1. The molecule has 20 nitrogen and oxygen atoms in total. The molecule has 0 radical (unpaired) electrons. The Morgan fingerprint density at radius 3 is 2.02 bits per heavy atom. The van der Waals surface area contributed by atoms with Crippen molar-refractivity contribution in [1.29, 1.82) is 0 Å². The van der Waals surface area contributed by atoms with Gasteiger partial charge in [-0.05, 0) is 96.4 Å². The summed E-state index contributed by atoms with van der Waals surface area (Å²) in [5.74, 6) is -3.23. The first-order chi connectivity index (χ1) is 39.4. The molecule has 0 unspecified atom stereocenters. The van der Waals surface area contributed by atoms with Gasteiger partial charge in [-0.2, -0.15) is 0 Å². The summed E-state index contributed by atoms with van der Waals surface area (Å²) in [5.41, 5.74) is 9.72. The first-order valence-electron chi connectivity index (χ1n) is 27.6. The highest BCUT2D eigenvalue weighted by Crippen LogP contribution is 2.27. The molecule has 0 saturated carbocycles. The number of carbonyl (C=O) groups is 7. The summed E-state index contributed by atoms with van der Waals surface area (Å²) in [6.45, 7) is 1.67. The number of nitrogens with two attached hydrogens (primary N) is 1. The van der Waals surface area contributed by atoms with E-state index in [4.69, 9.17) is 19.9 Å². The maximum atomic E-state index is 15.5. The molecule has 4 heterocycles. The number of hydrogen-bond donors (Lipinski definition) is 9. The van der Waals surface area contributed by atoms with Crippen molar-refractivity contribution in [2.24, 2.45) is 11.7 Å². The zero-order valence-corrected chi connectivity index (χ0v) is 45.2. The molecule has 6 aromatic rings.